The van der Waals surface area contributed by atoms with Crippen LogP contribution in [0.5, 0.6) is 5.75 Å². The molecule has 6 heteroatoms. The first kappa shape index (κ1) is 18.0. The first-order chi connectivity index (χ1) is 12.1. The molecule has 0 aliphatic heterocycles. The number of benzene rings is 2. The van der Waals surface area contributed by atoms with Gasteiger partial charge >= 0.3 is 0 Å². The Kier molecular flexibility index (Phi) is 6.13. The monoisotopic (exact) mass is 337 g/mol. The number of carbonyl (C=O) groups excluding carboxylic acids is 2. The number of nitriles is 1. The quantitative estimate of drug-likeness (QED) is 0.878. The first-order valence-electron chi connectivity index (χ1n) is 7.80. The normalized spacial score (nSPS) is 9.80. The van der Waals surface area contributed by atoms with E-state index in [1.807, 2.05) is 6.07 Å². The Bertz CT molecular complexity index is 794. The number of carbonyl (C=O) groups is 2. The van der Waals surface area contributed by atoms with Gasteiger partial charge in [0.05, 0.1) is 18.7 Å². The van der Waals surface area contributed by atoms with Crippen LogP contribution in [0.25, 0.3) is 0 Å². The zero-order valence-electron chi connectivity index (χ0n) is 14.2. The molecule has 1 N–H and O–H groups in total. The van der Waals surface area contributed by atoms with Crippen LogP contribution in [0.4, 0.5) is 5.69 Å². The lowest BCUT2D eigenvalue weighted by molar-refractivity contribution is -0.116. The van der Waals surface area contributed by atoms with E-state index in [0.29, 0.717) is 29.1 Å². The summed E-state index contributed by atoms with van der Waals surface area (Å²) >= 11 is 0. The third-order valence-electron chi connectivity index (χ3n) is 3.62. The van der Waals surface area contributed by atoms with Crippen LogP contribution in [0.3, 0.4) is 0 Å². The molecular weight excluding hydrogens is 318 g/mol. The number of nitrogens with zero attached hydrogens (tertiary/aromatic N) is 2. The van der Waals surface area contributed by atoms with Crippen LogP contribution in [0.1, 0.15) is 22.8 Å². The van der Waals surface area contributed by atoms with Crippen LogP contribution in [0.15, 0.2) is 48.5 Å². The molecule has 0 aromatic heterocycles. The zero-order chi connectivity index (χ0) is 18.2. The molecule has 25 heavy (non-hydrogen) atoms. The van der Waals surface area contributed by atoms with Gasteiger partial charge < -0.3 is 15.0 Å². The molecule has 0 aliphatic carbocycles. The molecule has 2 aromatic carbocycles. The van der Waals surface area contributed by atoms with E-state index in [-0.39, 0.29) is 18.4 Å². The van der Waals surface area contributed by atoms with Gasteiger partial charge in [-0.2, -0.15) is 5.26 Å². The van der Waals surface area contributed by atoms with Crippen LogP contribution >= 0.6 is 0 Å². The highest BCUT2D eigenvalue weighted by atomic mass is 16.5. The van der Waals surface area contributed by atoms with Gasteiger partial charge in [-0.05, 0) is 49.4 Å². The number of anilines is 1. The molecule has 0 bridgehead atoms. The number of amides is 2. The van der Waals surface area contributed by atoms with Crippen molar-refractivity contribution < 1.29 is 14.3 Å². The summed E-state index contributed by atoms with van der Waals surface area (Å²) in [7, 11) is 1.57. The van der Waals surface area contributed by atoms with Crippen LogP contribution in [-0.4, -0.2) is 36.9 Å². The van der Waals surface area contributed by atoms with Crippen LogP contribution in [0.2, 0.25) is 0 Å². The maximum absolute atomic E-state index is 12.5. The van der Waals surface area contributed by atoms with Crippen molar-refractivity contribution in [1.29, 1.82) is 5.26 Å². The Hall–Kier alpha value is -3.33. The number of rotatable bonds is 6. The van der Waals surface area contributed by atoms with Crippen molar-refractivity contribution in [1.82, 2.24) is 4.90 Å². The summed E-state index contributed by atoms with van der Waals surface area (Å²) in [5.74, 6) is 0.113. The highest BCUT2D eigenvalue weighted by Gasteiger charge is 2.17. The minimum absolute atomic E-state index is 0.0713. The first-order valence-corrected chi connectivity index (χ1v) is 7.80. The highest BCUT2D eigenvalue weighted by molar-refractivity contribution is 5.99. The third kappa shape index (κ3) is 4.82. The average Bonchev–Trinajstić information content (AvgIpc) is 2.66. The topological polar surface area (TPSA) is 82.4 Å². The predicted molar refractivity (Wildman–Crippen MR) is 94.4 cm³/mol. The fourth-order valence-corrected chi connectivity index (χ4v) is 2.28. The van der Waals surface area contributed by atoms with E-state index >= 15 is 0 Å². The summed E-state index contributed by atoms with van der Waals surface area (Å²) in [6.07, 6.45) is 0. The van der Waals surface area contributed by atoms with Gasteiger partial charge in [0.2, 0.25) is 5.91 Å². The molecule has 128 valence electrons. The Morgan fingerprint density at radius 2 is 1.92 bits per heavy atom. The Balaban J connectivity index is 2.03. The van der Waals surface area contributed by atoms with Crippen LogP contribution in [0, 0.1) is 11.3 Å². The number of hydrogen-bond acceptors (Lipinski definition) is 4. The SMILES string of the molecule is CCN(CC(=O)Nc1ccc(OC)cc1)C(=O)c1cccc(C#N)c1. The summed E-state index contributed by atoms with van der Waals surface area (Å²) in [6.45, 7) is 2.11. The van der Waals surface area contributed by atoms with Crippen LogP contribution < -0.4 is 10.1 Å². The molecule has 0 saturated heterocycles. The van der Waals surface area contributed by atoms with E-state index in [1.54, 1.807) is 56.5 Å². The van der Waals surface area contributed by atoms with E-state index in [9.17, 15) is 9.59 Å². The second-order valence-electron chi connectivity index (χ2n) is 5.29. The predicted octanol–water partition coefficient (Wildman–Crippen LogP) is 2.67. The molecule has 0 heterocycles. The van der Waals surface area contributed by atoms with Gasteiger partial charge in [0.15, 0.2) is 0 Å². The maximum atomic E-state index is 12.5. The van der Waals surface area contributed by atoms with E-state index in [0.717, 1.165) is 0 Å². The van der Waals surface area contributed by atoms with E-state index in [1.165, 1.54) is 11.0 Å². The summed E-state index contributed by atoms with van der Waals surface area (Å²) in [4.78, 5) is 26.2. The highest BCUT2D eigenvalue weighted by Crippen LogP contribution is 2.15. The Labute approximate surface area is 146 Å². The maximum Gasteiger partial charge on any atom is 0.254 e. The Morgan fingerprint density at radius 1 is 1.20 bits per heavy atom. The van der Waals surface area contributed by atoms with Crippen molar-refractivity contribution in [3.63, 3.8) is 0 Å². The molecule has 2 aromatic rings. The minimum Gasteiger partial charge on any atom is -0.497 e. The van der Waals surface area contributed by atoms with Gasteiger partial charge in [0.25, 0.3) is 5.91 Å². The molecule has 0 radical (unpaired) electrons. The third-order valence-corrected chi connectivity index (χ3v) is 3.62. The molecule has 2 amide bonds. The number of methoxy groups -OCH3 is 1. The van der Waals surface area contributed by atoms with Crippen LogP contribution in [-0.2, 0) is 4.79 Å². The molecule has 0 fully saturated rings. The van der Waals surface area contributed by atoms with Crippen molar-refractivity contribution in [2.75, 3.05) is 25.5 Å². The summed E-state index contributed by atoms with van der Waals surface area (Å²) in [5, 5.41) is 11.7. The van der Waals surface area contributed by atoms with E-state index in [2.05, 4.69) is 5.32 Å². The lowest BCUT2D eigenvalue weighted by Crippen LogP contribution is -2.37. The summed E-state index contributed by atoms with van der Waals surface area (Å²) < 4.78 is 5.07. The minimum atomic E-state index is -0.295. The van der Waals surface area contributed by atoms with Gasteiger partial charge in [0.1, 0.15) is 12.3 Å². The molecule has 0 aliphatic rings. The molecule has 0 saturated carbocycles. The second-order valence-corrected chi connectivity index (χ2v) is 5.29. The fourth-order valence-electron chi connectivity index (χ4n) is 2.28. The molecular formula is C19H19N3O3. The fraction of sp³-hybridized carbons (Fsp3) is 0.211. The zero-order valence-corrected chi connectivity index (χ0v) is 14.2. The molecule has 6 nitrogen and oxygen atoms in total. The lowest BCUT2D eigenvalue weighted by Gasteiger charge is -2.20. The summed E-state index contributed by atoms with van der Waals surface area (Å²) in [6, 6.07) is 15.4. The van der Waals surface area contributed by atoms with Crippen molar-refractivity contribution in [3.05, 3.63) is 59.7 Å². The van der Waals surface area contributed by atoms with Crippen molar-refractivity contribution >= 4 is 17.5 Å². The van der Waals surface area contributed by atoms with Crippen molar-refractivity contribution in [2.24, 2.45) is 0 Å². The molecule has 0 atom stereocenters. The van der Waals surface area contributed by atoms with Gasteiger partial charge in [-0.15, -0.1) is 0 Å². The standard InChI is InChI=1S/C19H19N3O3/c1-3-22(19(24)15-6-4-5-14(11-15)12-20)13-18(23)21-16-7-9-17(25-2)10-8-16/h4-11H,3,13H2,1-2H3,(H,21,23). The number of nitrogens with one attached hydrogen (secondary N) is 1. The van der Waals surface area contributed by atoms with Gasteiger partial charge in [-0.25, -0.2) is 0 Å². The van der Waals surface area contributed by atoms with Crippen molar-refractivity contribution in [3.8, 4) is 11.8 Å². The summed E-state index contributed by atoms with van der Waals surface area (Å²) in [5.41, 5.74) is 1.42. The molecule has 2 rings (SSSR count). The van der Waals surface area contributed by atoms with Gasteiger partial charge in [-0.1, -0.05) is 6.07 Å². The Morgan fingerprint density at radius 3 is 2.52 bits per heavy atom. The second kappa shape index (κ2) is 8.50. The van der Waals surface area contributed by atoms with Gasteiger partial charge in [0, 0.05) is 17.8 Å². The lowest BCUT2D eigenvalue weighted by atomic mass is 10.1. The number of likely N-dealkylation sites (N-methyl/N-ethyl adjacent to an activating group) is 1. The van der Waals surface area contributed by atoms with Gasteiger partial charge in [-0.3, -0.25) is 9.59 Å². The average molecular weight is 337 g/mol. The largest absolute Gasteiger partial charge is 0.497 e. The van der Waals surface area contributed by atoms with E-state index in [4.69, 9.17) is 10.00 Å². The molecule has 0 unspecified atom stereocenters. The number of ether oxygens (including phenoxy) is 1. The molecule has 0 spiro atoms. The number of hydrogen-bond donors (Lipinski definition) is 1. The smallest absolute Gasteiger partial charge is 0.254 e. The van der Waals surface area contributed by atoms with Crippen molar-refractivity contribution in [2.45, 2.75) is 6.92 Å². The van der Waals surface area contributed by atoms with E-state index < -0.39 is 0 Å².